The van der Waals surface area contributed by atoms with Gasteiger partial charge in [0.2, 0.25) is 0 Å². The summed E-state index contributed by atoms with van der Waals surface area (Å²) in [7, 11) is 0. The quantitative estimate of drug-likeness (QED) is 0.641. The molecule has 2 atom stereocenters. The van der Waals surface area contributed by atoms with E-state index >= 15 is 0 Å². The van der Waals surface area contributed by atoms with Crippen molar-refractivity contribution in [1.29, 1.82) is 0 Å². The molecule has 2 unspecified atom stereocenters. The van der Waals surface area contributed by atoms with Crippen molar-refractivity contribution >= 4 is 0 Å². The van der Waals surface area contributed by atoms with Crippen molar-refractivity contribution in [2.24, 2.45) is 0 Å². The predicted molar refractivity (Wildman–Crippen MR) is 50.7 cm³/mol. The van der Waals surface area contributed by atoms with Crippen LogP contribution in [-0.2, 0) is 4.74 Å². The van der Waals surface area contributed by atoms with Crippen LogP contribution in [0, 0.1) is 0 Å². The zero-order chi connectivity index (χ0) is 9.31. The zero-order valence-electron chi connectivity index (χ0n) is 8.33. The Morgan fingerprint density at radius 2 is 2.23 bits per heavy atom. The van der Waals surface area contributed by atoms with Gasteiger partial charge in [0.25, 0.3) is 0 Å². The van der Waals surface area contributed by atoms with E-state index in [4.69, 9.17) is 4.74 Å². The Kier molecular flexibility index (Phi) is 2.58. The molecule has 2 saturated heterocycles. The van der Waals surface area contributed by atoms with Crippen molar-refractivity contribution < 1.29 is 9.84 Å². The van der Waals surface area contributed by atoms with E-state index in [-0.39, 0.29) is 0 Å². The monoisotopic (exact) mass is 185 g/mol. The summed E-state index contributed by atoms with van der Waals surface area (Å²) in [5.41, 5.74) is -0.431. The molecule has 13 heavy (non-hydrogen) atoms. The number of hydrogen-bond acceptors (Lipinski definition) is 3. The summed E-state index contributed by atoms with van der Waals surface area (Å²) in [5.74, 6) is 0. The Morgan fingerprint density at radius 1 is 1.46 bits per heavy atom. The molecule has 0 amide bonds. The number of ether oxygens (including phenoxy) is 1. The number of likely N-dealkylation sites (tertiary alicyclic amines) is 1. The largest absolute Gasteiger partial charge is 0.390 e. The Morgan fingerprint density at radius 3 is 2.92 bits per heavy atom. The maximum atomic E-state index is 9.86. The molecule has 0 aliphatic carbocycles. The van der Waals surface area contributed by atoms with Crippen LogP contribution in [0.3, 0.4) is 0 Å². The first-order chi connectivity index (χ1) is 6.16. The van der Waals surface area contributed by atoms with Gasteiger partial charge in [-0.25, -0.2) is 0 Å². The van der Waals surface area contributed by atoms with Crippen LogP contribution in [-0.4, -0.2) is 48.0 Å². The summed E-state index contributed by atoms with van der Waals surface area (Å²) in [6.07, 6.45) is 3.44. The second-order valence-corrected chi connectivity index (χ2v) is 4.61. The molecule has 0 bridgehead atoms. The molecular weight excluding hydrogens is 166 g/mol. The van der Waals surface area contributed by atoms with E-state index in [9.17, 15) is 5.11 Å². The molecule has 3 heteroatoms. The third kappa shape index (κ3) is 2.93. The molecule has 2 fully saturated rings. The van der Waals surface area contributed by atoms with Gasteiger partial charge in [-0.05, 0) is 32.7 Å². The minimum Gasteiger partial charge on any atom is -0.390 e. The molecule has 2 rings (SSSR count). The van der Waals surface area contributed by atoms with Crippen molar-refractivity contribution in [3.63, 3.8) is 0 Å². The second-order valence-electron chi connectivity index (χ2n) is 4.61. The van der Waals surface area contributed by atoms with Crippen LogP contribution >= 0.6 is 0 Å². The first-order valence-electron chi connectivity index (χ1n) is 5.22. The highest BCUT2D eigenvalue weighted by Crippen LogP contribution is 2.22. The van der Waals surface area contributed by atoms with Crippen LogP contribution in [0.15, 0.2) is 0 Å². The van der Waals surface area contributed by atoms with Gasteiger partial charge in [0.15, 0.2) is 0 Å². The summed E-state index contributed by atoms with van der Waals surface area (Å²) in [5, 5.41) is 9.86. The van der Waals surface area contributed by atoms with E-state index in [2.05, 4.69) is 4.90 Å². The van der Waals surface area contributed by atoms with Crippen molar-refractivity contribution in [3.8, 4) is 0 Å². The van der Waals surface area contributed by atoms with E-state index in [0.29, 0.717) is 6.10 Å². The van der Waals surface area contributed by atoms with Gasteiger partial charge >= 0.3 is 0 Å². The number of rotatable bonds is 2. The molecule has 0 aromatic rings. The van der Waals surface area contributed by atoms with Crippen molar-refractivity contribution in [2.75, 3.05) is 26.2 Å². The van der Waals surface area contributed by atoms with E-state index in [0.717, 1.165) is 45.5 Å². The Bertz CT molecular complexity index is 178. The fourth-order valence-electron chi connectivity index (χ4n) is 1.96. The lowest BCUT2D eigenvalue weighted by atomic mass is 9.98. The molecule has 1 N–H and O–H groups in total. The van der Waals surface area contributed by atoms with Crippen molar-refractivity contribution in [3.05, 3.63) is 0 Å². The van der Waals surface area contributed by atoms with E-state index in [1.807, 2.05) is 6.92 Å². The molecule has 0 spiro atoms. The van der Waals surface area contributed by atoms with Gasteiger partial charge in [-0.1, -0.05) is 0 Å². The van der Waals surface area contributed by atoms with E-state index < -0.39 is 5.60 Å². The zero-order valence-corrected chi connectivity index (χ0v) is 8.33. The minimum atomic E-state index is -0.431. The smallest absolute Gasteiger partial charge is 0.0936 e. The van der Waals surface area contributed by atoms with Gasteiger partial charge in [0.1, 0.15) is 0 Å². The maximum Gasteiger partial charge on any atom is 0.0936 e. The molecule has 0 radical (unpaired) electrons. The normalized spacial score (nSPS) is 41.5. The summed E-state index contributed by atoms with van der Waals surface area (Å²) < 4.78 is 5.20. The van der Waals surface area contributed by atoms with Crippen molar-refractivity contribution in [1.82, 2.24) is 4.90 Å². The van der Waals surface area contributed by atoms with Gasteiger partial charge < -0.3 is 14.7 Å². The maximum absolute atomic E-state index is 9.86. The molecule has 0 saturated carbocycles. The molecular formula is C10H19NO2. The van der Waals surface area contributed by atoms with Crippen molar-refractivity contribution in [2.45, 2.75) is 37.9 Å². The second kappa shape index (κ2) is 3.56. The number of epoxide rings is 1. The van der Waals surface area contributed by atoms with Gasteiger partial charge in [0, 0.05) is 13.1 Å². The predicted octanol–water partition coefficient (Wildman–Crippen LogP) is 0.622. The van der Waals surface area contributed by atoms with Gasteiger partial charge in [0.05, 0.1) is 18.3 Å². The van der Waals surface area contributed by atoms with Crippen LogP contribution in [0.4, 0.5) is 0 Å². The summed E-state index contributed by atoms with van der Waals surface area (Å²) in [6.45, 7) is 6.09. The average Bonchev–Trinajstić information content (AvgIpc) is 2.83. The fraction of sp³-hybridized carbons (Fsp3) is 1.00. The highest BCUT2D eigenvalue weighted by Gasteiger charge is 2.29. The Hall–Kier alpha value is -0.120. The van der Waals surface area contributed by atoms with Crippen LogP contribution in [0.25, 0.3) is 0 Å². The third-order valence-corrected chi connectivity index (χ3v) is 3.02. The average molecular weight is 185 g/mol. The minimum absolute atomic E-state index is 0.431. The standard InChI is InChI=1S/C10H19NO2/c1-10(12)3-2-5-11(6-4-10)7-9-8-13-9/h9,12H,2-8H2,1H3. The first-order valence-corrected chi connectivity index (χ1v) is 5.22. The van der Waals surface area contributed by atoms with Gasteiger partial charge in [-0.2, -0.15) is 0 Å². The van der Waals surface area contributed by atoms with Crippen LogP contribution < -0.4 is 0 Å². The van der Waals surface area contributed by atoms with Crippen LogP contribution in [0.5, 0.6) is 0 Å². The lowest BCUT2D eigenvalue weighted by Gasteiger charge is -2.21. The molecule has 76 valence electrons. The SMILES string of the molecule is CC1(O)CCCN(CC2CO2)CC1. The number of nitrogens with zero attached hydrogens (tertiary/aromatic N) is 1. The highest BCUT2D eigenvalue weighted by atomic mass is 16.6. The molecule has 3 nitrogen and oxygen atoms in total. The third-order valence-electron chi connectivity index (χ3n) is 3.02. The number of hydrogen-bond donors (Lipinski definition) is 1. The molecule has 2 heterocycles. The topological polar surface area (TPSA) is 36.0 Å². The summed E-state index contributed by atoms with van der Waals surface area (Å²) in [4.78, 5) is 2.42. The Labute approximate surface area is 79.7 Å². The fourth-order valence-corrected chi connectivity index (χ4v) is 1.96. The molecule has 2 aliphatic rings. The lowest BCUT2D eigenvalue weighted by Crippen LogP contribution is -2.31. The first kappa shape index (κ1) is 9.44. The van der Waals surface area contributed by atoms with E-state index in [1.54, 1.807) is 0 Å². The summed E-state index contributed by atoms with van der Waals surface area (Å²) in [6, 6.07) is 0. The Balaban J connectivity index is 1.79. The van der Waals surface area contributed by atoms with E-state index in [1.165, 1.54) is 0 Å². The molecule has 2 aliphatic heterocycles. The van der Waals surface area contributed by atoms with Gasteiger partial charge in [-0.15, -0.1) is 0 Å². The summed E-state index contributed by atoms with van der Waals surface area (Å²) >= 11 is 0. The lowest BCUT2D eigenvalue weighted by molar-refractivity contribution is 0.0444. The van der Waals surface area contributed by atoms with Crippen LogP contribution in [0.1, 0.15) is 26.2 Å². The van der Waals surface area contributed by atoms with Crippen LogP contribution in [0.2, 0.25) is 0 Å². The number of aliphatic hydroxyl groups is 1. The molecule has 0 aromatic heterocycles. The van der Waals surface area contributed by atoms with Gasteiger partial charge in [-0.3, -0.25) is 0 Å². The molecule has 0 aromatic carbocycles. The highest BCUT2D eigenvalue weighted by molar-refractivity contribution is 4.82.